The molecule has 0 aliphatic rings. The van der Waals surface area contributed by atoms with Crippen LogP contribution < -0.4 is 0 Å². The molecule has 0 aromatic heterocycles. The van der Waals surface area contributed by atoms with Gasteiger partial charge in [0.1, 0.15) is 6.10 Å². The number of hydrogen-bond donors (Lipinski definition) is 2. The van der Waals surface area contributed by atoms with Gasteiger partial charge in [0.15, 0.2) is 0 Å². The molecule has 11 heavy (non-hydrogen) atoms. The molecule has 3 nitrogen and oxygen atoms in total. The fraction of sp³-hybridized carbons (Fsp3) is 1.00. The third-order valence-corrected chi connectivity index (χ3v) is 1.41. The first kappa shape index (κ1) is 10.9. The molecule has 3 heteroatoms. The molecule has 0 saturated heterocycles. The number of unbranched alkanes of at least 4 members (excludes halogenated alkanes) is 2. The highest BCUT2D eigenvalue weighted by atomic mass is 16.5. The molecule has 2 N–H and O–H groups in total. The predicted molar refractivity (Wildman–Crippen MR) is 43.4 cm³/mol. The first-order valence-electron chi connectivity index (χ1n) is 4.18. The van der Waals surface area contributed by atoms with Gasteiger partial charge in [0.05, 0.1) is 13.2 Å². The maximum absolute atomic E-state index is 8.84. The summed E-state index contributed by atoms with van der Waals surface area (Å²) in [6.45, 7) is 2.85. The summed E-state index contributed by atoms with van der Waals surface area (Å²) in [7, 11) is 0. The lowest BCUT2D eigenvalue weighted by molar-refractivity contribution is 0.00533. The van der Waals surface area contributed by atoms with Crippen LogP contribution in [0.5, 0.6) is 0 Å². The SMILES string of the molecule is CCCCCOC[C@H](O)CO. The highest BCUT2D eigenvalue weighted by molar-refractivity contribution is 4.48. The summed E-state index contributed by atoms with van der Waals surface area (Å²) >= 11 is 0. The Morgan fingerprint density at radius 1 is 1.36 bits per heavy atom. The maximum atomic E-state index is 8.84. The maximum Gasteiger partial charge on any atom is 0.100 e. The lowest BCUT2D eigenvalue weighted by atomic mass is 10.3. The zero-order valence-corrected chi connectivity index (χ0v) is 7.12. The summed E-state index contributed by atoms with van der Waals surface area (Å²) < 4.78 is 5.08. The average molecular weight is 162 g/mol. The van der Waals surface area contributed by atoms with Crippen molar-refractivity contribution in [1.29, 1.82) is 0 Å². The van der Waals surface area contributed by atoms with E-state index in [0.29, 0.717) is 6.61 Å². The summed E-state index contributed by atoms with van der Waals surface area (Å²) in [6.07, 6.45) is 2.66. The van der Waals surface area contributed by atoms with Crippen molar-refractivity contribution in [3.05, 3.63) is 0 Å². The van der Waals surface area contributed by atoms with Gasteiger partial charge in [0, 0.05) is 6.61 Å². The van der Waals surface area contributed by atoms with Gasteiger partial charge < -0.3 is 14.9 Å². The third kappa shape index (κ3) is 7.78. The van der Waals surface area contributed by atoms with E-state index in [2.05, 4.69) is 6.92 Å². The van der Waals surface area contributed by atoms with Crippen molar-refractivity contribution in [2.24, 2.45) is 0 Å². The van der Waals surface area contributed by atoms with Crippen LogP contribution in [0.4, 0.5) is 0 Å². The molecule has 1 atom stereocenters. The molecule has 0 aliphatic heterocycles. The molecular formula is C8H18O3. The minimum absolute atomic E-state index is 0.215. The van der Waals surface area contributed by atoms with Crippen molar-refractivity contribution in [1.82, 2.24) is 0 Å². The van der Waals surface area contributed by atoms with Gasteiger partial charge in [-0.15, -0.1) is 0 Å². The monoisotopic (exact) mass is 162 g/mol. The molecule has 0 aromatic carbocycles. The van der Waals surface area contributed by atoms with Crippen molar-refractivity contribution >= 4 is 0 Å². The second-order valence-corrected chi connectivity index (χ2v) is 2.62. The molecule has 0 aliphatic carbocycles. The van der Waals surface area contributed by atoms with E-state index >= 15 is 0 Å². The molecule has 0 amide bonds. The molecule has 0 spiro atoms. The largest absolute Gasteiger partial charge is 0.394 e. The van der Waals surface area contributed by atoms with Crippen LogP contribution in [0.15, 0.2) is 0 Å². The molecule has 68 valence electrons. The molecule has 0 radical (unpaired) electrons. The normalized spacial score (nSPS) is 13.4. The summed E-state index contributed by atoms with van der Waals surface area (Å²) in [5.74, 6) is 0. The lowest BCUT2D eigenvalue weighted by Gasteiger charge is -2.07. The first-order chi connectivity index (χ1) is 5.31. The fourth-order valence-electron chi connectivity index (χ4n) is 0.726. The van der Waals surface area contributed by atoms with Crippen LogP contribution in [0.1, 0.15) is 26.2 Å². The number of aliphatic hydroxyl groups is 2. The number of aliphatic hydroxyl groups excluding tert-OH is 2. The number of hydrogen-bond acceptors (Lipinski definition) is 3. The van der Waals surface area contributed by atoms with Crippen LogP contribution in [0.25, 0.3) is 0 Å². The standard InChI is InChI=1S/C8H18O3/c1-2-3-4-5-11-7-8(10)6-9/h8-10H,2-7H2,1H3/t8-/m1/s1. The summed E-state index contributed by atoms with van der Waals surface area (Å²) in [5, 5.41) is 17.2. The van der Waals surface area contributed by atoms with Gasteiger partial charge >= 0.3 is 0 Å². The Balaban J connectivity index is 2.89. The van der Waals surface area contributed by atoms with Gasteiger partial charge in [-0.05, 0) is 6.42 Å². The first-order valence-corrected chi connectivity index (χ1v) is 4.18. The van der Waals surface area contributed by atoms with Gasteiger partial charge in [-0.1, -0.05) is 19.8 Å². The van der Waals surface area contributed by atoms with Crippen LogP contribution in [0.2, 0.25) is 0 Å². The van der Waals surface area contributed by atoms with Gasteiger partial charge in [-0.2, -0.15) is 0 Å². The smallest absolute Gasteiger partial charge is 0.100 e. The van der Waals surface area contributed by atoms with Gasteiger partial charge in [-0.3, -0.25) is 0 Å². The van der Waals surface area contributed by atoms with E-state index in [1.165, 1.54) is 6.42 Å². The number of rotatable bonds is 7. The van der Waals surface area contributed by atoms with Crippen LogP contribution >= 0.6 is 0 Å². The topological polar surface area (TPSA) is 49.7 Å². The Hall–Kier alpha value is -0.120. The molecule has 0 bridgehead atoms. The van der Waals surface area contributed by atoms with Crippen molar-refractivity contribution in [2.45, 2.75) is 32.3 Å². The Bertz CT molecular complexity index is 75.7. The van der Waals surface area contributed by atoms with E-state index < -0.39 is 6.10 Å². The molecule has 0 heterocycles. The van der Waals surface area contributed by atoms with Crippen molar-refractivity contribution in [3.63, 3.8) is 0 Å². The van der Waals surface area contributed by atoms with E-state index in [1.54, 1.807) is 0 Å². The highest BCUT2D eigenvalue weighted by Gasteiger charge is 1.99. The highest BCUT2D eigenvalue weighted by Crippen LogP contribution is 1.94. The van der Waals surface area contributed by atoms with Gasteiger partial charge in [-0.25, -0.2) is 0 Å². The van der Waals surface area contributed by atoms with Crippen LogP contribution in [0, 0.1) is 0 Å². The molecule has 0 unspecified atom stereocenters. The lowest BCUT2D eigenvalue weighted by Crippen LogP contribution is -2.19. The molecule has 0 fully saturated rings. The Labute approximate surface area is 68.0 Å². The molecular weight excluding hydrogens is 144 g/mol. The van der Waals surface area contributed by atoms with Gasteiger partial charge in [0.2, 0.25) is 0 Å². The van der Waals surface area contributed by atoms with Crippen LogP contribution in [-0.4, -0.2) is 36.1 Å². The average Bonchev–Trinajstić information content (AvgIpc) is 2.04. The predicted octanol–water partition coefficient (Wildman–Crippen LogP) is 0.546. The summed E-state index contributed by atoms with van der Waals surface area (Å²) in [6, 6.07) is 0. The quantitative estimate of drug-likeness (QED) is 0.537. The van der Waals surface area contributed by atoms with E-state index in [1.807, 2.05) is 0 Å². The van der Waals surface area contributed by atoms with E-state index in [0.717, 1.165) is 12.8 Å². The fourth-order valence-corrected chi connectivity index (χ4v) is 0.726. The van der Waals surface area contributed by atoms with Crippen LogP contribution in [0.3, 0.4) is 0 Å². The Kier molecular flexibility index (Phi) is 7.89. The van der Waals surface area contributed by atoms with Crippen molar-refractivity contribution in [3.8, 4) is 0 Å². The molecule has 0 aromatic rings. The van der Waals surface area contributed by atoms with Crippen molar-refractivity contribution < 1.29 is 14.9 Å². The number of ether oxygens (including phenoxy) is 1. The zero-order valence-electron chi connectivity index (χ0n) is 7.12. The van der Waals surface area contributed by atoms with E-state index in [4.69, 9.17) is 14.9 Å². The minimum Gasteiger partial charge on any atom is -0.394 e. The van der Waals surface area contributed by atoms with Crippen molar-refractivity contribution in [2.75, 3.05) is 19.8 Å². The zero-order chi connectivity index (χ0) is 8.53. The van der Waals surface area contributed by atoms with E-state index in [9.17, 15) is 0 Å². The second-order valence-electron chi connectivity index (χ2n) is 2.62. The van der Waals surface area contributed by atoms with E-state index in [-0.39, 0.29) is 13.2 Å². The summed E-state index contributed by atoms with van der Waals surface area (Å²) in [5.41, 5.74) is 0. The molecule has 0 saturated carbocycles. The third-order valence-electron chi connectivity index (χ3n) is 1.41. The van der Waals surface area contributed by atoms with Crippen LogP contribution in [-0.2, 0) is 4.74 Å². The minimum atomic E-state index is -0.711. The Morgan fingerprint density at radius 3 is 2.64 bits per heavy atom. The summed E-state index contributed by atoms with van der Waals surface area (Å²) in [4.78, 5) is 0. The Morgan fingerprint density at radius 2 is 2.09 bits per heavy atom. The molecule has 0 rings (SSSR count). The van der Waals surface area contributed by atoms with Gasteiger partial charge in [0.25, 0.3) is 0 Å². The second kappa shape index (κ2) is 7.98.